The molecule has 2 saturated heterocycles. The molecule has 3 atom stereocenters. The SMILES string of the molecule is O=C(N[C@@H]1CN(C2CCC2)C[C@@H]2CCCO[C@@H]21)c1ccnnc1. The first-order valence-corrected chi connectivity index (χ1v) is 8.74. The fourth-order valence-corrected chi connectivity index (χ4v) is 4.09. The van der Waals surface area contributed by atoms with Crippen molar-refractivity contribution in [1.29, 1.82) is 0 Å². The van der Waals surface area contributed by atoms with Crippen molar-refractivity contribution in [2.24, 2.45) is 5.92 Å². The Balaban J connectivity index is 1.48. The highest BCUT2D eigenvalue weighted by atomic mass is 16.5. The average Bonchev–Trinajstić information content (AvgIpc) is 2.54. The van der Waals surface area contributed by atoms with E-state index in [1.54, 1.807) is 12.3 Å². The molecule has 0 radical (unpaired) electrons. The third-order valence-electron chi connectivity index (χ3n) is 5.54. The molecule has 2 aliphatic heterocycles. The first kappa shape index (κ1) is 15.0. The van der Waals surface area contributed by atoms with Gasteiger partial charge in [-0.15, -0.1) is 0 Å². The van der Waals surface area contributed by atoms with Crippen LogP contribution in [0.4, 0.5) is 0 Å². The van der Waals surface area contributed by atoms with Crippen LogP contribution in [0.1, 0.15) is 42.5 Å². The summed E-state index contributed by atoms with van der Waals surface area (Å²) in [5.41, 5.74) is 0.563. The van der Waals surface area contributed by atoms with Gasteiger partial charge < -0.3 is 10.1 Å². The predicted octanol–water partition coefficient (Wildman–Crippen LogP) is 1.24. The summed E-state index contributed by atoms with van der Waals surface area (Å²) >= 11 is 0. The maximum atomic E-state index is 12.5. The van der Waals surface area contributed by atoms with Crippen LogP contribution in [0.25, 0.3) is 0 Å². The van der Waals surface area contributed by atoms with Crippen molar-refractivity contribution >= 4 is 5.91 Å². The van der Waals surface area contributed by atoms with Crippen LogP contribution in [0.3, 0.4) is 0 Å². The van der Waals surface area contributed by atoms with Gasteiger partial charge in [0.05, 0.1) is 30.1 Å². The Morgan fingerprint density at radius 2 is 2.13 bits per heavy atom. The molecule has 3 aliphatic rings. The first-order chi connectivity index (χ1) is 11.3. The van der Waals surface area contributed by atoms with Crippen LogP contribution in [0.5, 0.6) is 0 Å². The van der Waals surface area contributed by atoms with Crippen LogP contribution >= 0.6 is 0 Å². The number of likely N-dealkylation sites (tertiary alicyclic amines) is 1. The first-order valence-electron chi connectivity index (χ1n) is 8.74. The lowest BCUT2D eigenvalue weighted by atomic mass is 9.82. The number of nitrogens with one attached hydrogen (secondary N) is 1. The Hall–Kier alpha value is -1.53. The van der Waals surface area contributed by atoms with E-state index in [9.17, 15) is 4.79 Å². The van der Waals surface area contributed by atoms with Gasteiger partial charge in [0.15, 0.2) is 0 Å². The minimum Gasteiger partial charge on any atom is -0.376 e. The fraction of sp³-hybridized carbons (Fsp3) is 0.706. The standard InChI is InChI=1S/C17H24N4O2/c22-17(12-6-7-18-19-9-12)20-15-11-21(14-4-1-5-14)10-13-3-2-8-23-16(13)15/h6-7,9,13-16H,1-5,8,10-11H2,(H,20,22)/t13-,15+,16-/m0/s1. The Morgan fingerprint density at radius 1 is 1.22 bits per heavy atom. The van der Waals surface area contributed by atoms with E-state index in [0.717, 1.165) is 26.1 Å². The molecular formula is C17H24N4O2. The lowest BCUT2D eigenvalue weighted by Crippen LogP contribution is -2.63. The lowest BCUT2D eigenvalue weighted by Gasteiger charge is -2.50. The second-order valence-corrected chi connectivity index (χ2v) is 6.99. The smallest absolute Gasteiger partial charge is 0.253 e. The van der Waals surface area contributed by atoms with Crippen LogP contribution in [-0.2, 0) is 4.74 Å². The number of carbonyl (C=O) groups is 1. The Morgan fingerprint density at radius 3 is 2.87 bits per heavy atom. The van der Waals surface area contributed by atoms with Crippen LogP contribution < -0.4 is 5.32 Å². The molecular weight excluding hydrogens is 292 g/mol. The lowest BCUT2D eigenvalue weighted by molar-refractivity contribution is -0.0957. The maximum Gasteiger partial charge on any atom is 0.253 e. The molecule has 1 aromatic heterocycles. The number of rotatable bonds is 3. The van der Waals surface area contributed by atoms with E-state index in [-0.39, 0.29) is 18.1 Å². The van der Waals surface area contributed by atoms with Gasteiger partial charge in [-0.2, -0.15) is 10.2 Å². The molecule has 3 heterocycles. The second kappa shape index (κ2) is 6.53. The minimum atomic E-state index is -0.0757. The van der Waals surface area contributed by atoms with Gasteiger partial charge in [-0.3, -0.25) is 9.69 Å². The molecule has 3 fully saturated rings. The zero-order valence-corrected chi connectivity index (χ0v) is 13.4. The summed E-state index contributed by atoms with van der Waals surface area (Å²) in [6, 6.07) is 2.48. The van der Waals surface area contributed by atoms with Crippen molar-refractivity contribution in [1.82, 2.24) is 20.4 Å². The number of carbonyl (C=O) groups excluding carboxylic acids is 1. The van der Waals surface area contributed by atoms with E-state index in [1.165, 1.54) is 31.9 Å². The van der Waals surface area contributed by atoms with Gasteiger partial charge in [0, 0.05) is 25.7 Å². The zero-order chi connectivity index (χ0) is 15.6. The monoisotopic (exact) mass is 316 g/mol. The third kappa shape index (κ3) is 3.10. The van der Waals surface area contributed by atoms with Crippen LogP contribution in [0.2, 0.25) is 0 Å². The fourth-order valence-electron chi connectivity index (χ4n) is 4.09. The number of nitrogens with zero attached hydrogens (tertiary/aromatic N) is 3. The zero-order valence-electron chi connectivity index (χ0n) is 13.4. The van der Waals surface area contributed by atoms with Crippen LogP contribution in [0, 0.1) is 5.92 Å². The normalized spacial score (nSPS) is 31.9. The molecule has 4 rings (SSSR count). The molecule has 0 unspecified atom stereocenters. The summed E-state index contributed by atoms with van der Waals surface area (Å²) < 4.78 is 6.04. The van der Waals surface area contributed by atoms with Crippen LogP contribution in [-0.4, -0.2) is 58.9 Å². The van der Waals surface area contributed by atoms with Crippen molar-refractivity contribution < 1.29 is 9.53 Å². The molecule has 1 aliphatic carbocycles. The summed E-state index contributed by atoms with van der Waals surface area (Å²) in [6.07, 6.45) is 9.49. The quantitative estimate of drug-likeness (QED) is 0.909. The molecule has 0 spiro atoms. The van der Waals surface area contributed by atoms with Gasteiger partial charge in [-0.25, -0.2) is 0 Å². The Labute approximate surface area is 136 Å². The largest absolute Gasteiger partial charge is 0.376 e. The molecule has 1 amide bonds. The van der Waals surface area contributed by atoms with E-state index >= 15 is 0 Å². The highest BCUT2D eigenvalue weighted by Crippen LogP contribution is 2.34. The number of aromatic nitrogens is 2. The van der Waals surface area contributed by atoms with E-state index < -0.39 is 0 Å². The van der Waals surface area contributed by atoms with E-state index in [2.05, 4.69) is 20.4 Å². The molecule has 6 nitrogen and oxygen atoms in total. The van der Waals surface area contributed by atoms with Crippen molar-refractivity contribution in [2.75, 3.05) is 19.7 Å². The summed E-state index contributed by atoms with van der Waals surface area (Å²) in [4.78, 5) is 15.1. The van der Waals surface area contributed by atoms with Crippen molar-refractivity contribution in [3.8, 4) is 0 Å². The van der Waals surface area contributed by atoms with Gasteiger partial charge in [-0.1, -0.05) is 6.42 Å². The molecule has 1 aromatic rings. The Kier molecular flexibility index (Phi) is 4.27. The number of hydrogen-bond donors (Lipinski definition) is 1. The van der Waals surface area contributed by atoms with Gasteiger partial charge in [0.2, 0.25) is 0 Å². The van der Waals surface area contributed by atoms with Gasteiger partial charge >= 0.3 is 0 Å². The number of piperidine rings is 1. The summed E-state index contributed by atoms with van der Waals surface area (Å²) in [6.45, 7) is 2.84. The highest BCUT2D eigenvalue weighted by Gasteiger charge is 2.42. The average molecular weight is 316 g/mol. The summed E-state index contributed by atoms with van der Waals surface area (Å²) in [7, 11) is 0. The summed E-state index contributed by atoms with van der Waals surface area (Å²) in [5.74, 6) is 0.465. The van der Waals surface area contributed by atoms with Gasteiger partial charge in [0.25, 0.3) is 5.91 Å². The predicted molar refractivity (Wildman–Crippen MR) is 85.0 cm³/mol. The van der Waals surface area contributed by atoms with Crippen LogP contribution in [0.15, 0.2) is 18.5 Å². The minimum absolute atomic E-state index is 0.0651. The van der Waals surface area contributed by atoms with Crippen molar-refractivity contribution in [2.45, 2.75) is 50.3 Å². The highest BCUT2D eigenvalue weighted by molar-refractivity contribution is 5.94. The second-order valence-electron chi connectivity index (χ2n) is 6.99. The van der Waals surface area contributed by atoms with Crippen molar-refractivity contribution in [3.63, 3.8) is 0 Å². The molecule has 0 bridgehead atoms. The van der Waals surface area contributed by atoms with Gasteiger partial charge in [0.1, 0.15) is 0 Å². The number of hydrogen-bond acceptors (Lipinski definition) is 5. The molecule has 23 heavy (non-hydrogen) atoms. The number of ether oxygens (including phenoxy) is 1. The van der Waals surface area contributed by atoms with Gasteiger partial charge in [-0.05, 0) is 37.7 Å². The molecule has 6 heteroatoms. The third-order valence-corrected chi connectivity index (χ3v) is 5.54. The number of amides is 1. The maximum absolute atomic E-state index is 12.5. The summed E-state index contributed by atoms with van der Waals surface area (Å²) in [5, 5.41) is 10.7. The van der Waals surface area contributed by atoms with E-state index in [1.807, 2.05) is 0 Å². The van der Waals surface area contributed by atoms with E-state index in [4.69, 9.17) is 4.74 Å². The molecule has 124 valence electrons. The Bertz CT molecular complexity index is 549. The van der Waals surface area contributed by atoms with E-state index in [0.29, 0.717) is 17.5 Å². The molecule has 1 saturated carbocycles. The topological polar surface area (TPSA) is 67.4 Å². The molecule has 1 N–H and O–H groups in total. The number of fused-ring (bicyclic) bond motifs is 1. The van der Waals surface area contributed by atoms with Crippen molar-refractivity contribution in [3.05, 3.63) is 24.0 Å². The molecule has 0 aromatic carbocycles.